The smallest absolute Gasteiger partial charge is 0.341 e. The quantitative estimate of drug-likeness (QED) is 0.798. The summed E-state index contributed by atoms with van der Waals surface area (Å²) < 4.78 is 10.5. The average molecular weight is 400 g/mol. The predicted molar refractivity (Wildman–Crippen MR) is 105 cm³/mol. The first-order valence-electron chi connectivity index (χ1n) is 9.09. The summed E-state index contributed by atoms with van der Waals surface area (Å²) in [5, 5.41) is 3.30. The molecule has 8 heteroatoms. The third-order valence-electron chi connectivity index (χ3n) is 4.94. The number of aryl methyl sites for hydroxylation is 1. The Kier molecular flexibility index (Phi) is 4.80. The van der Waals surface area contributed by atoms with Crippen molar-refractivity contribution in [1.29, 1.82) is 0 Å². The van der Waals surface area contributed by atoms with Crippen LogP contribution >= 0.6 is 11.3 Å². The van der Waals surface area contributed by atoms with Crippen molar-refractivity contribution in [3.8, 4) is 5.75 Å². The number of nitrogens with zero attached hydrogens (tertiary/aromatic N) is 1. The van der Waals surface area contributed by atoms with Gasteiger partial charge >= 0.3 is 5.97 Å². The van der Waals surface area contributed by atoms with E-state index < -0.39 is 12.1 Å². The van der Waals surface area contributed by atoms with Gasteiger partial charge in [0.05, 0.1) is 18.4 Å². The van der Waals surface area contributed by atoms with Crippen molar-refractivity contribution in [3.63, 3.8) is 0 Å². The van der Waals surface area contributed by atoms with Crippen molar-refractivity contribution in [1.82, 2.24) is 0 Å². The van der Waals surface area contributed by atoms with Crippen molar-refractivity contribution in [2.24, 2.45) is 0 Å². The number of carbonyl (C=O) groups excluding carboxylic acids is 3. The number of methoxy groups -OCH3 is 1. The summed E-state index contributed by atoms with van der Waals surface area (Å²) in [5.41, 5.74) is 1.96. The molecule has 1 aromatic carbocycles. The zero-order chi connectivity index (χ0) is 19.8. The number of anilines is 2. The molecule has 0 saturated heterocycles. The minimum Gasteiger partial charge on any atom is -0.479 e. The molecule has 0 unspecified atom stereocenters. The van der Waals surface area contributed by atoms with E-state index in [4.69, 9.17) is 9.47 Å². The molecule has 0 spiro atoms. The Morgan fingerprint density at radius 3 is 2.89 bits per heavy atom. The fourth-order valence-corrected chi connectivity index (χ4v) is 4.94. The zero-order valence-electron chi connectivity index (χ0n) is 15.6. The van der Waals surface area contributed by atoms with Crippen molar-refractivity contribution < 1.29 is 23.9 Å². The van der Waals surface area contributed by atoms with E-state index in [9.17, 15) is 14.4 Å². The number of nitrogens with one attached hydrogen (secondary N) is 1. The van der Waals surface area contributed by atoms with Crippen molar-refractivity contribution in [3.05, 3.63) is 40.3 Å². The number of carbonyl (C=O) groups is 3. The molecule has 2 heterocycles. The Balaban J connectivity index is 1.58. The SMILES string of the molecule is COC(=O)c1c(NC(=O)CN2C(=O)[C@H](C)Oc3ccccc32)sc2c1CCC2. The van der Waals surface area contributed by atoms with Gasteiger partial charge in [-0.05, 0) is 43.9 Å². The highest BCUT2D eigenvalue weighted by atomic mass is 32.1. The topological polar surface area (TPSA) is 84.9 Å². The summed E-state index contributed by atoms with van der Waals surface area (Å²) in [5.74, 6) is -0.540. The monoisotopic (exact) mass is 400 g/mol. The first-order valence-corrected chi connectivity index (χ1v) is 9.91. The molecule has 2 aliphatic rings. The standard InChI is InChI=1S/C20H20N2O5S/c1-11-19(24)22(13-7-3-4-8-14(13)27-11)10-16(23)21-18-17(20(25)26-2)12-6-5-9-15(12)28-18/h3-4,7-8,11H,5-6,9-10H2,1-2H3,(H,21,23)/t11-/m0/s1. The number of ether oxygens (including phenoxy) is 2. The van der Waals surface area contributed by atoms with Crippen molar-refractivity contribution in [2.75, 3.05) is 23.9 Å². The maximum atomic E-state index is 12.7. The van der Waals surface area contributed by atoms with Crippen LogP contribution in [0.15, 0.2) is 24.3 Å². The molecule has 0 saturated carbocycles. The summed E-state index contributed by atoms with van der Waals surface area (Å²) in [6.45, 7) is 1.50. The highest BCUT2D eigenvalue weighted by Gasteiger charge is 2.33. The molecule has 0 fully saturated rings. The summed E-state index contributed by atoms with van der Waals surface area (Å²) >= 11 is 1.41. The van der Waals surface area contributed by atoms with Gasteiger partial charge in [0.2, 0.25) is 5.91 Å². The Bertz CT molecular complexity index is 968. The number of fused-ring (bicyclic) bond motifs is 2. The van der Waals surface area contributed by atoms with Crippen molar-refractivity contribution >= 4 is 39.8 Å². The van der Waals surface area contributed by atoms with E-state index >= 15 is 0 Å². The summed E-state index contributed by atoms with van der Waals surface area (Å²) in [7, 11) is 1.33. The van der Waals surface area contributed by atoms with E-state index in [1.54, 1.807) is 25.1 Å². The fraction of sp³-hybridized carbons (Fsp3) is 0.350. The van der Waals surface area contributed by atoms with Gasteiger partial charge in [0.25, 0.3) is 5.91 Å². The summed E-state index contributed by atoms with van der Waals surface area (Å²) in [4.78, 5) is 40.1. The Morgan fingerprint density at radius 2 is 2.11 bits per heavy atom. The summed E-state index contributed by atoms with van der Waals surface area (Å²) in [6.07, 6.45) is 2.03. The van der Waals surface area contributed by atoms with Gasteiger partial charge in [0.15, 0.2) is 6.10 Å². The largest absolute Gasteiger partial charge is 0.479 e. The number of hydrogen-bond donors (Lipinski definition) is 1. The van der Waals surface area contributed by atoms with Gasteiger partial charge in [0, 0.05) is 4.88 Å². The first kappa shape index (κ1) is 18.5. The Hall–Kier alpha value is -2.87. The molecule has 2 aromatic rings. The molecule has 4 rings (SSSR count). The second kappa shape index (κ2) is 7.27. The van der Waals surface area contributed by atoms with E-state index in [0.717, 1.165) is 29.7 Å². The van der Waals surface area contributed by atoms with Gasteiger partial charge in [-0.1, -0.05) is 12.1 Å². The number of para-hydroxylation sites is 2. The lowest BCUT2D eigenvalue weighted by molar-refractivity contribution is -0.127. The first-order chi connectivity index (χ1) is 13.5. The minimum absolute atomic E-state index is 0.160. The molecule has 1 aromatic heterocycles. The van der Waals surface area contributed by atoms with Crippen LogP contribution in [0.2, 0.25) is 0 Å². The van der Waals surface area contributed by atoms with E-state index in [0.29, 0.717) is 22.0 Å². The van der Waals surface area contributed by atoms with Crippen molar-refractivity contribution in [2.45, 2.75) is 32.3 Å². The van der Waals surface area contributed by atoms with Crippen LogP contribution in [-0.2, 0) is 27.2 Å². The number of thiophene rings is 1. The summed E-state index contributed by atoms with van der Waals surface area (Å²) in [6, 6.07) is 7.11. The molecule has 1 N–H and O–H groups in total. The molecule has 146 valence electrons. The lowest BCUT2D eigenvalue weighted by atomic mass is 10.1. The van der Waals surface area contributed by atoms with Gasteiger partial charge in [0.1, 0.15) is 17.3 Å². The molecular weight excluding hydrogens is 380 g/mol. The van der Waals surface area contributed by atoms with Crippen LogP contribution < -0.4 is 15.0 Å². The third kappa shape index (κ3) is 3.13. The van der Waals surface area contributed by atoms with E-state index in [1.165, 1.54) is 23.3 Å². The number of rotatable bonds is 4. The molecule has 28 heavy (non-hydrogen) atoms. The minimum atomic E-state index is -0.668. The van der Waals surface area contributed by atoms with Crippen LogP contribution in [0.4, 0.5) is 10.7 Å². The van der Waals surface area contributed by atoms with Crippen LogP contribution in [-0.4, -0.2) is 37.5 Å². The molecule has 0 radical (unpaired) electrons. The van der Waals surface area contributed by atoms with Crippen LogP contribution in [0.3, 0.4) is 0 Å². The highest BCUT2D eigenvalue weighted by Crippen LogP contribution is 2.39. The highest BCUT2D eigenvalue weighted by molar-refractivity contribution is 7.17. The molecule has 1 aliphatic heterocycles. The zero-order valence-corrected chi connectivity index (χ0v) is 16.4. The van der Waals surface area contributed by atoms with Crippen LogP contribution in [0.25, 0.3) is 0 Å². The molecule has 1 aliphatic carbocycles. The van der Waals surface area contributed by atoms with E-state index in [-0.39, 0.29) is 18.4 Å². The lowest BCUT2D eigenvalue weighted by Gasteiger charge is -2.32. The lowest BCUT2D eigenvalue weighted by Crippen LogP contribution is -2.47. The Morgan fingerprint density at radius 1 is 1.32 bits per heavy atom. The van der Waals surface area contributed by atoms with Gasteiger partial charge in [-0.15, -0.1) is 11.3 Å². The van der Waals surface area contributed by atoms with Gasteiger partial charge < -0.3 is 14.8 Å². The van der Waals surface area contributed by atoms with Gasteiger partial charge in [-0.3, -0.25) is 14.5 Å². The predicted octanol–water partition coefficient (Wildman–Crippen LogP) is 2.78. The number of hydrogen-bond acceptors (Lipinski definition) is 6. The number of benzene rings is 1. The molecule has 2 amide bonds. The third-order valence-corrected chi connectivity index (χ3v) is 6.15. The second-order valence-electron chi connectivity index (χ2n) is 6.75. The Labute approximate surface area is 166 Å². The van der Waals surface area contributed by atoms with Crippen LogP contribution in [0.1, 0.15) is 34.1 Å². The molecular formula is C20H20N2O5S. The second-order valence-corrected chi connectivity index (χ2v) is 7.86. The van der Waals surface area contributed by atoms with Crippen LogP contribution in [0, 0.1) is 0 Å². The number of esters is 1. The van der Waals surface area contributed by atoms with Gasteiger partial charge in [-0.25, -0.2) is 4.79 Å². The normalized spacial score (nSPS) is 17.6. The maximum Gasteiger partial charge on any atom is 0.341 e. The average Bonchev–Trinajstić information content (AvgIpc) is 3.25. The molecule has 0 bridgehead atoms. The number of amides is 2. The van der Waals surface area contributed by atoms with E-state index in [1.807, 2.05) is 6.07 Å². The van der Waals surface area contributed by atoms with Crippen LogP contribution in [0.5, 0.6) is 5.75 Å². The van der Waals surface area contributed by atoms with Gasteiger partial charge in [-0.2, -0.15) is 0 Å². The fourth-order valence-electron chi connectivity index (χ4n) is 3.64. The molecule has 1 atom stereocenters. The maximum absolute atomic E-state index is 12.7. The molecule has 7 nitrogen and oxygen atoms in total. The van der Waals surface area contributed by atoms with E-state index in [2.05, 4.69) is 5.32 Å².